The van der Waals surface area contributed by atoms with E-state index in [2.05, 4.69) is 30.2 Å². The predicted molar refractivity (Wildman–Crippen MR) is 71.3 cm³/mol. The average molecular weight is 221 g/mol. The first-order chi connectivity index (χ1) is 7.54. The van der Waals surface area contributed by atoms with Crippen molar-refractivity contribution < 1.29 is 0 Å². The van der Waals surface area contributed by atoms with Crippen LogP contribution < -0.4 is 10.2 Å². The Morgan fingerprint density at radius 1 is 1.38 bits per heavy atom. The molecule has 0 aromatic carbocycles. The van der Waals surface area contributed by atoms with Crippen molar-refractivity contribution in [3.05, 3.63) is 17.8 Å². The highest BCUT2D eigenvalue weighted by atomic mass is 15.2. The van der Waals surface area contributed by atoms with Crippen LogP contribution in [0.5, 0.6) is 0 Å². The number of pyridine rings is 1. The lowest BCUT2D eigenvalue weighted by Gasteiger charge is -2.21. The molecule has 0 radical (unpaired) electrons. The highest BCUT2D eigenvalue weighted by Crippen LogP contribution is 2.23. The molecular weight excluding hydrogens is 198 g/mol. The van der Waals surface area contributed by atoms with Crippen LogP contribution in [0.25, 0.3) is 0 Å². The maximum Gasteiger partial charge on any atom is 0.151 e. The molecule has 16 heavy (non-hydrogen) atoms. The van der Waals surface area contributed by atoms with Gasteiger partial charge >= 0.3 is 0 Å². The molecule has 0 saturated heterocycles. The van der Waals surface area contributed by atoms with E-state index in [0.717, 1.165) is 17.2 Å². The molecule has 0 amide bonds. The van der Waals surface area contributed by atoms with E-state index in [1.165, 1.54) is 12.8 Å². The van der Waals surface area contributed by atoms with Crippen molar-refractivity contribution in [2.45, 2.75) is 39.7 Å². The lowest BCUT2D eigenvalue weighted by molar-refractivity contribution is 0.690. The zero-order chi connectivity index (χ0) is 12.1. The number of nitrogens with one attached hydrogen (secondary N) is 1. The highest BCUT2D eigenvalue weighted by molar-refractivity contribution is 5.65. The first kappa shape index (κ1) is 12.8. The van der Waals surface area contributed by atoms with Crippen molar-refractivity contribution in [1.82, 2.24) is 4.98 Å². The summed E-state index contributed by atoms with van der Waals surface area (Å²) in [6.45, 7) is 6.44. The van der Waals surface area contributed by atoms with Gasteiger partial charge in [-0.25, -0.2) is 4.98 Å². The molecule has 1 aromatic rings. The summed E-state index contributed by atoms with van der Waals surface area (Å²) in [7, 11) is 4.05. The van der Waals surface area contributed by atoms with Crippen LogP contribution in [0, 0.1) is 6.92 Å². The predicted octanol–water partition coefficient (Wildman–Crippen LogP) is 3.06. The molecule has 1 unspecified atom stereocenters. The van der Waals surface area contributed by atoms with Gasteiger partial charge in [-0.3, -0.25) is 0 Å². The molecule has 0 bridgehead atoms. The van der Waals surface area contributed by atoms with E-state index in [-0.39, 0.29) is 0 Å². The summed E-state index contributed by atoms with van der Waals surface area (Å²) in [4.78, 5) is 6.60. The Labute approximate surface area is 98.9 Å². The molecule has 0 aliphatic rings. The van der Waals surface area contributed by atoms with Crippen molar-refractivity contribution >= 4 is 11.5 Å². The summed E-state index contributed by atoms with van der Waals surface area (Å²) in [5, 5.41) is 3.52. The largest absolute Gasteiger partial charge is 0.380 e. The van der Waals surface area contributed by atoms with Crippen LogP contribution in [0.1, 0.15) is 32.4 Å². The number of rotatable bonds is 5. The quantitative estimate of drug-likeness (QED) is 0.828. The monoisotopic (exact) mass is 221 g/mol. The summed E-state index contributed by atoms with van der Waals surface area (Å²) in [5.74, 6) is 1.02. The summed E-state index contributed by atoms with van der Waals surface area (Å²) in [6.07, 6.45) is 2.38. The minimum absolute atomic E-state index is 0.494. The fourth-order valence-corrected chi connectivity index (χ4v) is 1.77. The molecule has 3 nitrogen and oxygen atoms in total. The number of aromatic nitrogens is 1. The molecular formula is C13H23N3. The van der Waals surface area contributed by atoms with Crippen LogP contribution in [-0.4, -0.2) is 25.1 Å². The van der Waals surface area contributed by atoms with E-state index < -0.39 is 0 Å². The van der Waals surface area contributed by atoms with Crippen LogP contribution in [0.4, 0.5) is 11.5 Å². The maximum atomic E-state index is 4.55. The van der Waals surface area contributed by atoms with Gasteiger partial charge in [0.15, 0.2) is 5.82 Å². The normalized spacial score (nSPS) is 12.3. The molecule has 1 rings (SSSR count). The number of anilines is 2. The second-order valence-electron chi connectivity index (χ2n) is 4.55. The van der Waals surface area contributed by atoms with Gasteiger partial charge in [-0.05, 0) is 32.4 Å². The fourth-order valence-electron chi connectivity index (χ4n) is 1.77. The number of hydrogen-bond acceptors (Lipinski definition) is 3. The summed E-state index contributed by atoms with van der Waals surface area (Å²) < 4.78 is 0. The van der Waals surface area contributed by atoms with E-state index in [9.17, 15) is 0 Å². The zero-order valence-electron chi connectivity index (χ0n) is 11.0. The molecule has 3 heteroatoms. The molecule has 90 valence electrons. The third-order valence-corrected chi connectivity index (χ3v) is 2.56. The van der Waals surface area contributed by atoms with E-state index >= 15 is 0 Å². The van der Waals surface area contributed by atoms with Gasteiger partial charge in [-0.1, -0.05) is 13.3 Å². The first-order valence-electron chi connectivity index (χ1n) is 5.96. The van der Waals surface area contributed by atoms with Crippen molar-refractivity contribution in [2.75, 3.05) is 24.3 Å². The fraction of sp³-hybridized carbons (Fsp3) is 0.615. The highest BCUT2D eigenvalue weighted by Gasteiger charge is 2.08. The zero-order valence-corrected chi connectivity index (χ0v) is 11.0. The molecule has 0 aliphatic carbocycles. The van der Waals surface area contributed by atoms with Crippen molar-refractivity contribution in [3.8, 4) is 0 Å². The van der Waals surface area contributed by atoms with Crippen molar-refractivity contribution in [1.29, 1.82) is 0 Å². The van der Waals surface area contributed by atoms with E-state index in [1.807, 2.05) is 32.0 Å². The Hall–Kier alpha value is -1.25. The summed E-state index contributed by atoms with van der Waals surface area (Å²) in [5.41, 5.74) is 2.17. The molecule has 1 atom stereocenters. The topological polar surface area (TPSA) is 28.2 Å². The Morgan fingerprint density at radius 3 is 2.62 bits per heavy atom. The van der Waals surface area contributed by atoms with Gasteiger partial charge in [0.05, 0.1) is 5.69 Å². The van der Waals surface area contributed by atoms with E-state index in [1.54, 1.807) is 0 Å². The number of nitrogens with zero attached hydrogens (tertiary/aromatic N) is 2. The SMILES string of the molecule is CCCC(C)Nc1ccc(C)nc1N(C)C. The summed E-state index contributed by atoms with van der Waals surface area (Å²) >= 11 is 0. The number of hydrogen-bond donors (Lipinski definition) is 1. The van der Waals surface area contributed by atoms with Crippen LogP contribution in [-0.2, 0) is 0 Å². The smallest absolute Gasteiger partial charge is 0.151 e. The average Bonchev–Trinajstić information content (AvgIpc) is 2.20. The van der Waals surface area contributed by atoms with Gasteiger partial charge < -0.3 is 10.2 Å². The van der Waals surface area contributed by atoms with E-state index in [0.29, 0.717) is 6.04 Å². The third-order valence-electron chi connectivity index (χ3n) is 2.56. The lowest BCUT2D eigenvalue weighted by atomic mass is 10.2. The Bertz CT molecular complexity index is 334. The van der Waals surface area contributed by atoms with Gasteiger partial charge in [0, 0.05) is 25.8 Å². The molecule has 0 spiro atoms. The van der Waals surface area contributed by atoms with Crippen LogP contribution in [0.3, 0.4) is 0 Å². The van der Waals surface area contributed by atoms with Crippen LogP contribution in [0.2, 0.25) is 0 Å². The minimum Gasteiger partial charge on any atom is -0.380 e. The molecule has 0 saturated carbocycles. The molecule has 0 aliphatic heterocycles. The Morgan fingerprint density at radius 2 is 2.06 bits per heavy atom. The van der Waals surface area contributed by atoms with Crippen molar-refractivity contribution in [3.63, 3.8) is 0 Å². The van der Waals surface area contributed by atoms with Gasteiger partial charge in [-0.2, -0.15) is 0 Å². The minimum atomic E-state index is 0.494. The Balaban J connectivity index is 2.86. The van der Waals surface area contributed by atoms with E-state index in [4.69, 9.17) is 0 Å². The standard InChI is InChI=1S/C13H23N3/c1-6-7-10(2)14-12-9-8-11(3)15-13(12)16(4)5/h8-10,14H,6-7H2,1-5H3. The first-order valence-corrected chi connectivity index (χ1v) is 5.96. The Kier molecular flexibility index (Phi) is 4.59. The summed E-state index contributed by atoms with van der Waals surface area (Å²) in [6, 6.07) is 4.66. The van der Waals surface area contributed by atoms with Gasteiger partial charge in [-0.15, -0.1) is 0 Å². The van der Waals surface area contributed by atoms with Gasteiger partial charge in [0.2, 0.25) is 0 Å². The lowest BCUT2D eigenvalue weighted by Crippen LogP contribution is -2.19. The van der Waals surface area contributed by atoms with Crippen molar-refractivity contribution in [2.24, 2.45) is 0 Å². The maximum absolute atomic E-state index is 4.55. The molecule has 1 N–H and O–H groups in total. The number of aryl methyl sites for hydroxylation is 1. The second kappa shape index (κ2) is 5.73. The van der Waals surface area contributed by atoms with Crippen LogP contribution in [0.15, 0.2) is 12.1 Å². The molecule has 1 aromatic heterocycles. The second-order valence-corrected chi connectivity index (χ2v) is 4.55. The van der Waals surface area contributed by atoms with Gasteiger partial charge in [0.25, 0.3) is 0 Å². The van der Waals surface area contributed by atoms with Crippen LogP contribution >= 0.6 is 0 Å². The van der Waals surface area contributed by atoms with Gasteiger partial charge in [0.1, 0.15) is 0 Å². The third kappa shape index (κ3) is 3.40. The molecule has 1 heterocycles. The molecule has 0 fully saturated rings.